The monoisotopic (exact) mass is 151 g/mol. The highest BCUT2D eigenvalue weighted by molar-refractivity contribution is 9.09. The van der Waals surface area contributed by atoms with Gasteiger partial charge in [0.05, 0.1) is 8.80 Å². The van der Waals surface area contributed by atoms with Gasteiger partial charge in [0.2, 0.25) is 0 Å². The minimum atomic E-state index is 0.0427. The van der Waals surface area contributed by atoms with Gasteiger partial charge in [-0.25, -0.2) is 0 Å². The normalized spacial score (nSPS) is 9.60. The molecule has 0 aromatic heterocycles. The van der Waals surface area contributed by atoms with E-state index in [0.29, 0.717) is 0 Å². The van der Waals surface area contributed by atoms with E-state index in [-0.39, 0.29) is 8.80 Å². The fourth-order valence-electron chi connectivity index (χ4n) is 0. The second kappa shape index (κ2) is 2.91. The summed E-state index contributed by atoms with van der Waals surface area (Å²) >= 11 is 3.36. The Morgan fingerprint density at radius 1 is 1.60 bits per heavy atom. The quantitative estimate of drug-likeness (QED) is 0.396. The molecule has 0 spiro atoms. The summed E-state index contributed by atoms with van der Waals surface area (Å²) in [5.74, 6) is 0. The first kappa shape index (κ1) is 5.70. The summed E-state index contributed by atoms with van der Waals surface area (Å²) in [4.78, 5) is 1.22. The lowest BCUT2D eigenvalue weighted by Crippen LogP contribution is -1.99. The van der Waals surface area contributed by atoms with Crippen molar-refractivity contribution in [3.05, 3.63) is 0 Å². The van der Waals surface area contributed by atoms with Crippen molar-refractivity contribution in [2.24, 2.45) is 0 Å². The molecule has 0 aliphatic carbocycles. The summed E-state index contributed by atoms with van der Waals surface area (Å²) in [6.45, 7) is 4.55. The van der Waals surface area contributed by atoms with E-state index >= 15 is 0 Å². The van der Waals surface area contributed by atoms with Crippen molar-refractivity contribution in [2.75, 3.05) is 4.95 Å². The number of hydrogen-bond donors (Lipinski definition) is 0. The summed E-state index contributed by atoms with van der Waals surface area (Å²) in [6.07, 6.45) is 0. The lowest BCUT2D eigenvalue weighted by Gasteiger charge is -1.85. The Morgan fingerprint density at radius 3 is 1.80 bits per heavy atom. The zero-order chi connectivity index (χ0) is 4.28. The molecule has 0 bridgehead atoms. The van der Waals surface area contributed by atoms with Crippen LogP contribution in [-0.2, 0) is 0 Å². The van der Waals surface area contributed by atoms with Crippen LogP contribution in [0.5, 0.6) is 0 Å². The van der Waals surface area contributed by atoms with Crippen LogP contribution in [0.25, 0.3) is 0 Å². The topological polar surface area (TPSA) is 0 Å². The zero-order valence-corrected chi connectivity index (χ0v) is 6.17. The van der Waals surface area contributed by atoms with Gasteiger partial charge in [-0.3, -0.25) is 0 Å². The van der Waals surface area contributed by atoms with Crippen molar-refractivity contribution in [2.45, 2.75) is 13.1 Å². The first-order valence-electron chi connectivity index (χ1n) is 1.62. The highest BCUT2D eigenvalue weighted by Crippen LogP contribution is 1.83. The van der Waals surface area contributed by atoms with Gasteiger partial charge in [0.1, 0.15) is 0 Å². The van der Waals surface area contributed by atoms with Crippen molar-refractivity contribution in [3.63, 3.8) is 0 Å². The number of alkyl halides is 1. The van der Waals surface area contributed by atoms with Gasteiger partial charge in [-0.1, -0.05) is 29.0 Å². The SMILES string of the molecule is C[Si](C)CBr. The van der Waals surface area contributed by atoms with Gasteiger partial charge in [0.25, 0.3) is 0 Å². The third-order valence-corrected chi connectivity index (χ3v) is 4.17. The van der Waals surface area contributed by atoms with Crippen LogP contribution in [0.2, 0.25) is 13.1 Å². The van der Waals surface area contributed by atoms with E-state index in [1.165, 1.54) is 4.95 Å². The highest BCUT2D eigenvalue weighted by Gasteiger charge is 1.85. The van der Waals surface area contributed by atoms with Gasteiger partial charge in [-0.2, -0.15) is 0 Å². The molecule has 0 amide bonds. The van der Waals surface area contributed by atoms with Crippen molar-refractivity contribution < 1.29 is 0 Å². The summed E-state index contributed by atoms with van der Waals surface area (Å²) in [6, 6.07) is 0. The Hall–Kier alpha value is 0.697. The van der Waals surface area contributed by atoms with Crippen LogP contribution in [-0.4, -0.2) is 13.8 Å². The fourth-order valence-corrected chi connectivity index (χ4v) is 0. The Labute approximate surface area is 43.3 Å². The molecule has 0 aromatic rings. The minimum absolute atomic E-state index is 0.0427. The minimum Gasteiger partial charge on any atom is -0.0964 e. The molecule has 0 N–H and O–H groups in total. The standard InChI is InChI=1S/C3H8BrSi/c1-5(2)3-4/h3H2,1-2H3. The van der Waals surface area contributed by atoms with Crippen LogP contribution >= 0.6 is 15.9 Å². The number of rotatable bonds is 1. The van der Waals surface area contributed by atoms with E-state index in [4.69, 9.17) is 0 Å². The lowest BCUT2D eigenvalue weighted by molar-refractivity contribution is 1.89. The molecule has 0 heterocycles. The molecule has 0 aliphatic heterocycles. The molecule has 0 nitrogen and oxygen atoms in total. The number of hydrogen-bond acceptors (Lipinski definition) is 0. The van der Waals surface area contributed by atoms with Crippen molar-refractivity contribution in [3.8, 4) is 0 Å². The third-order valence-electron chi connectivity index (χ3n) is 0.267. The molecule has 0 saturated carbocycles. The molecule has 5 heavy (non-hydrogen) atoms. The summed E-state index contributed by atoms with van der Waals surface area (Å²) in [7, 11) is 0.0427. The van der Waals surface area contributed by atoms with Crippen molar-refractivity contribution in [1.82, 2.24) is 0 Å². The van der Waals surface area contributed by atoms with Gasteiger partial charge in [-0.05, 0) is 4.95 Å². The Balaban J connectivity index is 2.54. The molecular weight excluding hydrogens is 144 g/mol. The van der Waals surface area contributed by atoms with Crippen LogP contribution < -0.4 is 0 Å². The first-order chi connectivity index (χ1) is 2.27. The van der Waals surface area contributed by atoms with Gasteiger partial charge < -0.3 is 0 Å². The van der Waals surface area contributed by atoms with Crippen LogP contribution in [0, 0.1) is 0 Å². The van der Waals surface area contributed by atoms with E-state index < -0.39 is 0 Å². The van der Waals surface area contributed by atoms with Crippen LogP contribution in [0.1, 0.15) is 0 Å². The fraction of sp³-hybridized carbons (Fsp3) is 1.00. The summed E-state index contributed by atoms with van der Waals surface area (Å²) in [5.41, 5.74) is 0. The maximum absolute atomic E-state index is 3.36. The molecule has 0 fully saturated rings. The maximum atomic E-state index is 3.36. The highest BCUT2D eigenvalue weighted by atomic mass is 79.9. The van der Waals surface area contributed by atoms with Crippen LogP contribution in [0.4, 0.5) is 0 Å². The van der Waals surface area contributed by atoms with E-state index in [9.17, 15) is 0 Å². The first-order valence-corrected chi connectivity index (χ1v) is 5.45. The molecule has 2 heteroatoms. The largest absolute Gasteiger partial charge is 0.0964 e. The molecule has 31 valence electrons. The summed E-state index contributed by atoms with van der Waals surface area (Å²) < 4.78 is 0. The van der Waals surface area contributed by atoms with E-state index in [2.05, 4.69) is 29.0 Å². The van der Waals surface area contributed by atoms with E-state index in [0.717, 1.165) is 0 Å². The number of halogens is 1. The predicted octanol–water partition coefficient (Wildman–Crippen LogP) is 1.67. The van der Waals surface area contributed by atoms with Crippen LogP contribution in [0.15, 0.2) is 0 Å². The van der Waals surface area contributed by atoms with Crippen molar-refractivity contribution in [1.29, 1.82) is 0 Å². The molecule has 0 saturated heterocycles. The maximum Gasteiger partial charge on any atom is 0.0537 e. The Bertz CT molecular complexity index is 20.9. The summed E-state index contributed by atoms with van der Waals surface area (Å²) in [5, 5.41) is 0. The van der Waals surface area contributed by atoms with Gasteiger partial charge >= 0.3 is 0 Å². The third kappa shape index (κ3) is 4.70. The second-order valence-corrected chi connectivity index (χ2v) is 5.70. The predicted molar refractivity (Wildman–Crippen MR) is 31.3 cm³/mol. The van der Waals surface area contributed by atoms with Crippen molar-refractivity contribution >= 4 is 24.7 Å². The van der Waals surface area contributed by atoms with Gasteiger partial charge in [0, 0.05) is 0 Å². The molecule has 0 atom stereocenters. The Kier molecular flexibility index (Phi) is 3.32. The zero-order valence-electron chi connectivity index (χ0n) is 3.59. The van der Waals surface area contributed by atoms with Crippen LogP contribution in [0.3, 0.4) is 0 Å². The molecule has 0 aliphatic rings. The molecule has 1 radical (unpaired) electrons. The van der Waals surface area contributed by atoms with E-state index in [1.807, 2.05) is 0 Å². The van der Waals surface area contributed by atoms with Gasteiger partial charge in [-0.15, -0.1) is 0 Å². The smallest absolute Gasteiger partial charge is 0.0537 e. The molecule has 0 aromatic carbocycles. The lowest BCUT2D eigenvalue weighted by atomic mass is 11.8. The average Bonchev–Trinajstić information content (AvgIpc) is 1.38. The average molecular weight is 152 g/mol. The molecular formula is C3H8BrSi. The second-order valence-electron chi connectivity index (χ2n) is 1.34. The molecule has 0 rings (SSSR count). The Morgan fingerprint density at radius 2 is 1.80 bits per heavy atom. The molecule has 0 unspecified atom stereocenters. The van der Waals surface area contributed by atoms with Gasteiger partial charge in [0.15, 0.2) is 0 Å². The van der Waals surface area contributed by atoms with E-state index in [1.54, 1.807) is 0 Å².